The lowest BCUT2D eigenvalue weighted by atomic mass is 10.1. The molecule has 10 nitrogen and oxygen atoms in total. The highest BCUT2D eigenvalue weighted by atomic mass is 16.5. The first-order valence-corrected chi connectivity index (χ1v) is 13.2. The molecule has 2 rings (SSSR count). The van der Waals surface area contributed by atoms with Crippen molar-refractivity contribution in [1.29, 1.82) is 0 Å². The van der Waals surface area contributed by atoms with Gasteiger partial charge in [-0.15, -0.1) is 0 Å². The van der Waals surface area contributed by atoms with Crippen LogP contribution in [0.2, 0.25) is 0 Å². The zero-order valence-corrected chi connectivity index (χ0v) is 23.0. The van der Waals surface area contributed by atoms with Crippen molar-refractivity contribution in [2.75, 3.05) is 86.1 Å². The molecule has 0 bridgehead atoms. The Hall–Kier alpha value is -2.97. The molecular formula is C28H43N5O5. The topological polar surface area (TPSA) is 106 Å². The Morgan fingerprint density at radius 3 is 2.16 bits per heavy atom. The summed E-state index contributed by atoms with van der Waals surface area (Å²) in [4.78, 5) is 44.3. The number of likely N-dealkylation sites (N-methyl/N-ethyl adjacent to an activating group) is 2. The Labute approximate surface area is 226 Å². The molecule has 1 saturated heterocycles. The maximum Gasteiger partial charge on any atom is 0.317 e. The molecule has 1 unspecified atom stereocenters. The van der Waals surface area contributed by atoms with Gasteiger partial charge in [0.2, 0.25) is 0 Å². The summed E-state index contributed by atoms with van der Waals surface area (Å²) in [6, 6.07) is 8.81. The highest BCUT2D eigenvalue weighted by Crippen LogP contribution is 2.03. The summed E-state index contributed by atoms with van der Waals surface area (Å²) in [5.41, 5.74) is 0.586. The van der Waals surface area contributed by atoms with Gasteiger partial charge in [-0.05, 0) is 39.6 Å². The molecule has 1 fully saturated rings. The second kappa shape index (κ2) is 17.5. The molecule has 10 heteroatoms. The van der Waals surface area contributed by atoms with Crippen molar-refractivity contribution in [2.45, 2.75) is 25.8 Å². The van der Waals surface area contributed by atoms with Crippen LogP contribution in [0.5, 0.6) is 0 Å². The molecule has 0 radical (unpaired) electrons. The van der Waals surface area contributed by atoms with Crippen molar-refractivity contribution in [3.8, 4) is 11.8 Å². The molecule has 210 valence electrons. The lowest BCUT2D eigenvalue weighted by molar-refractivity contribution is -0.142. The standard InChI is InChI=1S/C28H43N5O5/c1-24(29-28(37)25-9-5-4-6-10-25)11-12-27(36)38-22-8-7-13-32-18-16-30(2)14-15-31(3)17-19-33(21-20-32)23-26(34)35/h4-6,9-10,24H,11-23H2,1-3H3,(H,29,37)(H,34,35). The molecule has 0 aliphatic carbocycles. The average molecular weight is 530 g/mol. The Bertz CT molecular complexity index is 933. The van der Waals surface area contributed by atoms with Gasteiger partial charge in [0, 0.05) is 70.4 Å². The molecular weight excluding hydrogens is 486 g/mol. The van der Waals surface area contributed by atoms with Gasteiger partial charge in [-0.1, -0.05) is 30.0 Å². The van der Waals surface area contributed by atoms with E-state index < -0.39 is 5.97 Å². The van der Waals surface area contributed by atoms with Gasteiger partial charge in [-0.3, -0.25) is 24.2 Å². The number of hydrogen-bond donors (Lipinski definition) is 2. The maximum absolute atomic E-state index is 12.2. The summed E-state index contributed by atoms with van der Waals surface area (Å²) in [6.45, 7) is 8.91. The summed E-state index contributed by atoms with van der Waals surface area (Å²) in [6.07, 6.45) is 0.680. The Morgan fingerprint density at radius 1 is 0.921 bits per heavy atom. The van der Waals surface area contributed by atoms with E-state index in [1.807, 2.05) is 30.0 Å². The van der Waals surface area contributed by atoms with E-state index in [4.69, 9.17) is 4.74 Å². The quantitative estimate of drug-likeness (QED) is 0.353. The first-order valence-electron chi connectivity index (χ1n) is 13.2. The van der Waals surface area contributed by atoms with Crippen molar-refractivity contribution >= 4 is 17.8 Å². The van der Waals surface area contributed by atoms with E-state index in [0.29, 0.717) is 38.2 Å². The lowest BCUT2D eigenvalue weighted by Gasteiger charge is -2.30. The van der Waals surface area contributed by atoms with Gasteiger partial charge < -0.3 is 25.0 Å². The third-order valence-electron chi connectivity index (χ3n) is 6.48. The summed E-state index contributed by atoms with van der Waals surface area (Å²) in [5, 5.41) is 12.1. The molecule has 1 amide bonds. The minimum absolute atomic E-state index is 0.0226. The summed E-state index contributed by atoms with van der Waals surface area (Å²) < 4.78 is 5.24. The number of aliphatic carboxylic acids is 1. The number of nitrogens with zero attached hydrogens (tertiary/aromatic N) is 4. The van der Waals surface area contributed by atoms with Crippen molar-refractivity contribution in [3.05, 3.63) is 35.9 Å². The fourth-order valence-corrected chi connectivity index (χ4v) is 3.91. The van der Waals surface area contributed by atoms with E-state index in [9.17, 15) is 19.5 Å². The molecule has 0 spiro atoms. The summed E-state index contributed by atoms with van der Waals surface area (Å²) in [5.74, 6) is 4.68. The number of hydrogen-bond acceptors (Lipinski definition) is 8. The van der Waals surface area contributed by atoms with Crippen molar-refractivity contribution in [2.24, 2.45) is 0 Å². The van der Waals surface area contributed by atoms with Crippen LogP contribution in [0.1, 0.15) is 30.1 Å². The van der Waals surface area contributed by atoms with Gasteiger partial charge in [0.15, 0.2) is 6.61 Å². The first kappa shape index (κ1) is 31.2. The number of carboxylic acids is 1. The first-order chi connectivity index (χ1) is 18.2. The van der Waals surface area contributed by atoms with Gasteiger partial charge in [0.1, 0.15) is 0 Å². The monoisotopic (exact) mass is 529 g/mol. The van der Waals surface area contributed by atoms with E-state index in [0.717, 1.165) is 32.7 Å². The molecule has 2 N–H and O–H groups in total. The summed E-state index contributed by atoms with van der Waals surface area (Å²) >= 11 is 0. The zero-order valence-electron chi connectivity index (χ0n) is 23.0. The van der Waals surface area contributed by atoms with Crippen molar-refractivity contribution < 1.29 is 24.2 Å². The number of amides is 1. The molecule has 1 aliphatic rings. The van der Waals surface area contributed by atoms with Gasteiger partial charge in [-0.2, -0.15) is 0 Å². The molecule has 0 aromatic heterocycles. The number of carboxylic acid groups (broad SMARTS) is 1. The van der Waals surface area contributed by atoms with E-state index in [1.54, 1.807) is 12.1 Å². The molecule has 1 aliphatic heterocycles. The van der Waals surface area contributed by atoms with E-state index in [2.05, 4.69) is 46.0 Å². The van der Waals surface area contributed by atoms with Crippen LogP contribution in [-0.4, -0.2) is 135 Å². The van der Waals surface area contributed by atoms with Crippen LogP contribution in [0.25, 0.3) is 0 Å². The third-order valence-corrected chi connectivity index (χ3v) is 6.48. The van der Waals surface area contributed by atoms with Crippen LogP contribution in [0, 0.1) is 11.8 Å². The van der Waals surface area contributed by atoms with E-state index in [1.165, 1.54) is 0 Å². The Morgan fingerprint density at radius 2 is 1.50 bits per heavy atom. The minimum atomic E-state index is -0.819. The van der Waals surface area contributed by atoms with Crippen LogP contribution < -0.4 is 5.32 Å². The average Bonchev–Trinajstić information content (AvgIpc) is 2.89. The molecule has 1 aromatic rings. The molecule has 1 atom stereocenters. The summed E-state index contributed by atoms with van der Waals surface area (Å²) in [7, 11) is 4.17. The SMILES string of the molecule is CC(CCC(=O)OCC#CCN1CCN(C)CCN(C)CCN(CC(=O)O)CC1)NC(=O)c1ccccc1. The predicted octanol–water partition coefficient (Wildman–Crippen LogP) is 0.698. The molecule has 38 heavy (non-hydrogen) atoms. The Kier molecular flexibility index (Phi) is 14.4. The fourth-order valence-electron chi connectivity index (χ4n) is 3.91. The molecule has 0 saturated carbocycles. The van der Waals surface area contributed by atoms with Crippen LogP contribution in [0.3, 0.4) is 0 Å². The van der Waals surface area contributed by atoms with Crippen LogP contribution in [0.4, 0.5) is 0 Å². The minimum Gasteiger partial charge on any atom is -0.480 e. The van der Waals surface area contributed by atoms with E-state index in [-0.39, 0.29) is 37.5 Å². The van der Waals surface area contributed by atoms with Gasteiger partial charge in [0.05, 0.1) is 13.1 Å². The Balaban J connectivity index is 1.74. The second-order valence-electron chi connectivity index (χ2n) is 9.85. The van der Waals surface area contributed by atoms with Gasteiger partial charge >= 0.3 is 11.9 Å². The largest absolute Gasteiger partial charge is 0.480 e. The van der Waals surface area contributed by atoms with Crippen LogP contribution >= 0.6 is 0 Å². The number of rotatable bonds is 9. The highest BCUT2D eigenvalue weighted by Gasteiger charge is 2.15. The van der Waals surface area contributed by atoms with Crippen molar-refractivity contribution in [1.82, 2.24) is 24.9 Å². The van der Waals surface area contributed by atoms with Gasteiger partial charge in [0.25, 0.3) is 5.91 Å². The van der Waals surface area contributed by atoms with Crippen LogP contribution in [-0.2, 0) is 14.3 Å². The molecule has 1 heterocycles. The smallest absolute Gasteiger partial charge is 0.317 e. The highest BCUT2D eigenvalue weighted by molar-refractivity contribution is 5.94. The predicted molar refractivity (Wildman–Crippen MR) is 147 cm³/mol. The van der Waals surface area contributed by atoms with Crippen LogP contribution in [0.15, 0.2) is 30.3 Å². The number of benzene rings is 1. The van der Waals surface area contributed by atoms with Gasteiger partial charge in [-0.25, -0.2) is 0 Å². The second-order valence-corrected chi connectivity index (χ2v) is 9.85. The normalized spacial score (nSPS) is 17.8. The number of carbonyl (C=O) groups excluding carboxylic acids is 2. The lowest BCUT2D eigenvalue weighted by Crippen LogP contribution is -2.45. The third kappa shape index (κ3) is 13.5. The number of nitrogens with one attached hydrogen (secondary N) is 1. The zero-order chi connectivity index (χ0) is 27.8. The number of ether oxygens (including phenoxy) is 1. The van der Waals surface area contributed by atoms with Crippen molar-refractivity contribution in [3.63, 3.8) is 0 Å². The number of carbonyl (C=O) groups is 3. The fraction of sp³-hybridized carbons (Fsp3) is 0.607. The number of esters is 1. The maximum atomic E-state index is 12.2. The van der Waals surface area contributed by atoms with E-state index >= 15 is 0 Å². The molecule has 1 aromatic carbocycles.